The molecule has 5 nitrogen and oxygen atoms in total. The number of aryl methyl sites for hydroxylation is 1. The van der Waals surface area contributed by atoms with E-state index in [0.717, 1.165) is 32.7 Å². The number of nitrogens with zero attached hydrogens (tertiary/aromatic N) is 4. The third-order valence-corrected chi connectivity index (χ3v) is 6.60. The van der Waals surface area contributed by atoms with E-state index in [1.807, 2.05) is 41.9 Å². The molecule has 0 aliphatic heterocycles. The molecule has 4 aromatic rings. The zero-order valence-corrected chi connectivity index (χ0v) is 16.9. The Morgan fingerprint density at radius 2 is 2.07 bits per heavy atom. The predicted octanol–water partition coefficient (Wildman–Crippen LogP) is 5.16. The summed E-state index contributed by atoms with van der Waals surface area (Å²) in [6.45, 7) is 7.04. The van der Waals surface area contributed by atoms with Crippen LogP contribution < -0.4 is 0 Å². The number of carbonyl (C=O) groups is 1. The molecule has 1 atom stereocenters. The Bertz CT molecular complexity index is 1160. The smallest absolute Gasteiger partial charge is 0.196 e. The summed E-state index contributed by atoms with van der Waals surface area (Å²) in [7, 11) is 0. The highest BCUT2D eigenvalue weighted by Crippen LogP contribution is 2.34. The molecule has 0 aliphatic rings. The lowest BCUT2D eigenvalue weighted by Gasteiger charge is -2.05. The van der Waals surface area contributed by atoms with E-state index in [-0.39, 0.29) is 5.78 Å². The van der Waals surface area contributed by atoms with Gasteiger partial charge >= 0.3 is 0 Å². The van der Waals surface area contributed by atoms with Gasteiger partial charge in [-0.05, 0) is 31.0 Å². The van der Waals surface area contributed by atoms with E-state index in [4.69, 9.17) is 0 Å². The van der Waals surface area contributed by atoms with E-state index in [2.05, 4.69) is 30.0 Å². The van der Waals surface area contributed by atoms with E-state index >= 15 is 0 Å². The first-order chi connectivity index (χ1) is 13.0. The number of hydrogen-bond donors (Lipinski definition) is 0. The number of thiazole rings is 1. The minimum atomic E-state index is -0.878. The van der Waals surface area contributed by atoms with Crippen LogP contribution in [0.1, 0.15) is 40.1 Å². The lowest BCUT2D eigenvalue weighted by molar-refractivity contribution is 0.0983. The number of hydrogen-bond acceptors (Lipinski definition) is 6. The molecule has 4 rings (SSSR count). The van der Waals surface area contributed by atoms with Gasteiger partial charge in [-0.3, -0.25) is 9.48 Å². The fraction of sp³-hybridized carbons (Fsp3) is 0.300. The predicted molar refractivity (Wildman–Crippen MR) is 109 cm³/mol. The number of para-hydroxylation sites is 1. The molecule has 0 amide bonds. The topological polar surface area (TPSA) is 71.6 Å². The molecule has 0 N–H and O–H groups in total. The van der Waals surface area contributed by atoms with Crippen molar-refractivity contribution in [3.63, 3.8) is 0 Å². The van der Waals surface area contributed by atoms with E-state index in [1.165, 1.54) is 22.7 Å². The summed E-state index contributed by atoms with van der Waals surface area (Å²) in [5.74, 6) is -0.603. The van der Waals surface area contributed by atoms with Crippen LogP contribution in [0.15, 0.2) is 30.3 Å². The molecule has 27 heavy (non-hydrogen) atoms. The van der Waals surface area contributed by atoms with Crippen LogP contribution in [-0.2, 0) is 6.54 Å². The Balaban J connectivity index is 1.73. The van der Waals surface area contributed by atoms with Crippen LogP contribution in [-0.4, -0.2) is 20.5 Å². The summed E-state index contributed by atoms with van der Waals surface area (Å²) >= 11 is 2.83. The van der Waals surface area contributed by atoms with Crippen LogP contribution in [0.3, 0.4) is 0 Å². The first kappa shape index (κ1) is 17.8. The van der Waals surface area contributed by atoms with Gasteiger partial charge in [0.1, 0.15) is 9.84 Å². The lowest BCUT2D eigenvalue weighted by atomic mass is 10.1. The van der Waals surface area contributed by atoms with Gasteiger partial charge in [0.25, 0.3) is 0 Å². The summed E-state index contributed by atoms with van der Waals surface area (Å²) in [5.41, 5.74) is 1.74. The summed E-state index contributed by atoms with van der Waals surface area (Å²) in [6, 6.07) is 11.7. The molecule has 0 saturated heterocycles. The van der Waals surface area contributed by atoms with Crippen LogP contribution in [0, 0.1) is 24.2 Å². The second kappa shape index (κ2) is 6.87. The second-order valence-corrected chi connectivity index (χ2v) is 9.03. The Morgan fingerprint density at radius 3 is 2.78 bits per heavy atom. The number of fused-ring (bicyclic) bond motifs is 2. The monoisotopic (exact) mass is 394 g/mol. The fourth-order valence-electron chi connectivity index (χ4n) is 3.09. The van der Waals surface area contributed by atoms with E-state index in [9.17, 15) is 10.1 Å². The highest BCUT2D eigenvalue weighted by molar-refractivity contribution is 7.21. The average Bonchev–Trinajstić information content (AvgIpc) is 3.31. The van der Waals surface area contributed by atoms with Crippen LogP contribution >= 0.6 is 22.7 Å². The zero-order valence-electron chi connectivity index (χ0n) is 15.3. The van der Waals surface area contributed by atoms with Crippen LogP contribution in [0.25, 0.3) is 20.4 Å². The van der Waals surface area contributed by atoms with Gasteiger partial charge < -0.3 is 0 Å². The summed E-state index contributed by atoms with van der Waals surface area (Å²) in [4.78, 5) is 19.2. The summed E-state index contributed by atoms with van der Waals surface area (Å²) in [6.07, 6.45) is 0. The molecule has 0 saturated carbocycles. The molecular formula is C20H18N4OS2. The van der Waals surface area contributed by atoms with Gasteiger partial charge in [0.15, 0.2) is 11.7 Å². The van der Waals surface area contributed by atoms with Gasteiger partial charge in [-0.2, -0.15) is 10.4 Å². The van der Waals surface area contributed by atoms with Crippen molar-refractivity contribution in [1.82, 2.24) is 14.8 Å². The lowest BCUT2D eigenvalue weighted by Crippen LogP contribution is -2.09. The number of thiophene rings is 1. The third kappa shape index (κ3) is 3.15. The van der Waals surface area contributed by atoms with Gasteiger partial charge in [-0.25, -0.2) is 4.98 Å². The maximum Gasteiger partial charge on any atom is 0.196 e. The first-order valence-corrected chi connectivity index (χ1v) is 10.4. The van der Waals surface area contributed by atoms with Crippen molar-refractivity contribution >= 4 is 48.9 Å². The highest BCUT2D eigenvalue weighted by Gasteiger charge is 2.28. The second-order valence-electron chi connectivity index (χ2n) is 6.94. The minimum absolute atomic E-state index is 0.187. The van der Waals surface area contributed by atoms with E-state index in [0.29, 0.717) is 15.8 Å². The van der Waals surface area contributed by atoms with Crippen molar-refractivity contribution < 1.29 is 4.79 Å². The van der Waals surface area contributed by atoms with Gasteiger partial charge in [-0.15, -0.1) is 22.7 Å². The van der Waals surface area contributed by atoms with Gasteiger partial charge in [0, 0.05) is 11.9 Å². The van der Waals surface area contributed by atoms with Crippen molar-refractivity contribution in [1.29, 1.82) is 5.26 Å². The number of ketones is 1. The molecule has 0 fully saturated rings. The number of benzene rings is 1. The maximum atomic E-state index is 13.1. The van der Waals surface area contributed by atoms with Crippen LogP contribution in [0.4, 0.5) is 0 Å². The van der Waals surface area contributed by atoms with Crippen LogP contribution in [0.2, 0.25) is 0 Å². The molecule has 0 unspecified atom stereocenters. The molecule has 0 bridgehead atoms. The Morgan fingerprint density at radius 1 is 1.30 bits per heavy atom. The Kier molecular flexibility index (Phi) is 4.54. The Hall–Kier alpha value is -2.56. The quantitative estimate of drug-likeness (QED) is 0.438. The third-order valence-electron chi connectivity index (χ3n) is 4.34. The van der Waals surface area contributed by atoms with Crippen molar-refractivity contribution in [2.75, 3.05) is 0 Å². The molecule has 0 radical (unpaired) electrons. The SMILES string of the molecule is Cc1nn(CC(C)C)c2sc(C(=O)[C@@H](C#N)c3nc4ccccc4s3)cc12. The number of aromatic nitrogens is 3. The number of carbonyl (C=O) groups excluding carboxylic acids is 1. The molecule has 3 aromatic heterocycles. The van der Waals surface area contributed by atoms with Crippen LogP contribution in [0.5, 0.6) is 0 Å². The molecule has 1 aromatic carbocycles. The maximum absolute atomic E-state index is 13.1. The van der Waals surface area contributed by atoms with Gasteiger partial charge in [-0.1, -0.05) is 26.0 Å². The minimum Gasteiger partial charge on any atom is -0.291 e. The number of nitriles is 1. The summed E-state index contributed by atoms with van der Waals surface area (Å²) < 4.78 is 2.95. The molecule has 3 heterocycles. The largest absolute Gasteiger partial charge is 0.291 e. The molecular weight excluding hydrogens is 376 g/mol. The Labute approximate surface area is 164 Å². The summed E-state index contributed by atoms with van der Waals surface area (Å²) in [5, 5.41) is 15.8. The molecule has 7 heteroatoms. The van der Waals surface area contributed by atoms with Crippen molar-refractivity contribution in [3.8, 4) is 6.07 Å². The number of rotatable bonds is 5. The first-order valence-electron chi connectivity index (χ1n) is 8.74. The highest BCUT2D eigenvalue weighted by atomic mass is 32.1. The fourth-order valence-corrected chi connectivity index (χ4v) is 5.24. The van der Waals surface area contributed by atoms with Crippen molar-refractivity contribution in [2.45, 2.75) is 33.2 Å². The molecule has 0 spiro atoms. The number of Topliss-reactive ketones (excluding diaryl/α,β-unsaturated/α-hetero) is 1. The average molecular weight is 395 g/mol. The molecule has 0 aliphatic carbocycles. The van der Waals surface area contributed by atoms with Crippen molar-refractivity contribution in [2.24, 2.45) is 5.92 Å². The van der Waals surface area contributed by atoms with E-state index in [1.54, 1.807) is 0 Å². The normalized spacial score (nSPS) is 12.7. The zero-order chi connectivity index (χ0) is 19.1. The van der Waals surface area contributed by atoms with E-state index < -0.39 is 5.92 Å². The van der Waals surface area contributed by atoms with Gasteiger partial charge in [0.05, 0.1) is 26.9 Å². The van der Waals surface area contributed by atoms with Crippen molar-refractivity contribution in [3.05, 3.63) is 45.9 Å². The van der Waals surface area contributed by atoms with Gasteiger partial charge in [0.2, 0.25) is 0 Å². The molecule has 136 valence electrons. The standard InChI is InChI=1S/C20H18N4OS2/c1-11(2)10-24-20-13(12(3)23-24)8-17(27-20)18(25)14(9-21)19-22-15-6-4-5-7-16(15)26-19/h4-8,11,14H,10H2,1-3H3/t14-/m1/s1.